The molecule has 0 aliphatic heterocycles. The average molecular weight is 462 g/mol. The van der Waals surface area contributed by atoms with Gasteiger partial charge >= 0.3 is 12.1 Å². The van der Waals surface area contributed by atoms with E-state index in [0.29, 0.717) is 0 Å². The van der Waals surface area contributed by atoms with Crippen molar-refractivity contribution in [3.8, 4) is 5.75 Å². The molecule has 0 fully saturated rings. The second kappa shape index (κ2) is 9.33. The molecule has 0 spiro atoms. The van der Waals surface area contributed by atoms with Gasteiger partial charge in [-0.25, -0.2) is 12.8 Å². The zero-order valence-corrected chi connectivity index (χ0v) is 17.2. The summed E-state index contributed by atoms with van der Waals surface area (Å²) < 4.78 is 81.8. The third-order valence-electron chi connectivity index (χ3n) is 4.11. The molecule has 0 saturated carbocycles. The topological polar surface area (TPSA) is 92.8 Å². The Kier molecular flexibility index (Phi) is 7.26. The number of anilines is 1. The van der Waals surface area contributed by atoms with Gasteiger partial charge in [-0.15, -0.1) is 0 Å². The normalized spacial score (nSPS) is 11.7. The van der Waals surface area contributed by atoms with Crippen LogP contribution < -0.4 is 14.4 Å². The number of nitrogens with one attached hydrogen (secondary N) is 1. The number of sulfonamides is 1. The first kappa shape index (κ1) is 24.1. The Balaban J connectivity index is 2.25. The Labute approximate surface area is 175 Å². The van der Waals surface area contributed by atoms with Gasteiger partial charge in [-0.2, -0.15) is 13.2 Å². The third kappa shape index (κ3) is 6.17. The van der Waals surface area contributed by atoms with Crippen molar-refractivity contribution in [2.24, 2.45) is 0 Å². The van der Waals surface area contributed by atoms with Gasteiger partial charge in [0.1, 0.15) is 11.6 Å². The van der Waals surface area contributed by atoms with Crippen molar-refractivity contribution in [2.45, 2.75) is 12.7 Å². The summed E-state index contributed by atoms with van der Waals surface area (Å²) in [6.07, 6.45) is -4.22. The van der Waals surface area contributed by atoms with Crippen LogP contribution in [-0.2, 0) is 21.4 Å². The molecule has 168 valence electrons. The van der Waals surface area contributed by atoms with Crippen LogP contribution in [0.1, 0.15) is 15.9 Å². The molecule has 0 aromatic heterocycles. The number of benzene rings is 2. The minimum absolute atomic E-state index is 0.0905. The Hall–Kier alpha value is -3.15. The van der Waals surface area contributed by atoms with E-state index in [1.807, 2.05) is 0 Å². The Bertz CT molecular complexity index is 1090. The van der Waals surface area contributed by atoms with Crippen LogP contribution in [0.4, 0.5) is 23.2 Å². The summed E-state index contributed by atoms with van der Waals surface area (Å²) in [5.41, 5.74) is -0.207. The first-order chi connectivity index (χ1) is 14.3. The highest BCUT2D eigenvalue weighted by Gasteiger charge is 2.38. The molecule has 2 aromatic carbocycles. The van der Waals surface area contributed by atoms with Crippen LogP contribution in [0.25, 0.3) is 0 Å². The fourth-order valence-corrected chi connectivity index (χ4v) is 3.47. The van der Waals surface area contributed by atoms with Crippen LogP contribution in [0.3, 0.4) is 0 Å². The predicted molar refractivity (Wildman–Crippen MR) is 104 cm³/mol. The highest BCUT2D eigenvalue weighted by molar-refractivity contribution is 7.92. The fourth-order valence-electron chi connectivity index (χ4n) is 2.58. The molecule has 12 heteroatoms. The number of amides is 1. The number of ketones is 1. The molecular weight excluding hydrogens is 444 g/mol. The van der Waals surface area contributed by atoms with Crippen molar-refractivity contribution in [3.63, 3.8) is 0 Å². The molecule has 0 bridgehead atoms. The van der Waals surface area contributed by atoms with Crippen LogP contribution in [0.2, 0.25) is 0 Å². The van der Waals surface area contributed by atoms with E-state index in [1.165, 1.54) is 24.6 Å². The van der Waals surface area contributed by atoms with Crippen molar-refractivity contribution < 1.29 is 40.3 Å². The minimum Gasteiger partial charge on any atom is -0.495 e. The van der Waals surface area contributed by atoms with E-state index in [2.05, 4.69) is 0 Å². The lowest BCUT2D eigenvalue weighted by Gasteiger charge is -2.24. The molecule has 0 aliphatic carbocycles. The highest BCUT2D eigenvalue weighted by atomic mass is 32.2. The van der Waals surface area contributed by atoms with E-state index in [9.17, 15) is 35.6 Å². The van der Waals surface area contributed by atoms with E-state index < -0.39 is 46.8 Å². The van der Waals surface area contributed by atoms with E-state index in [4.69, 9.17) is 4.74 Å². The lowest BCUT2D eigenvalue weighted by Crippen LogP contribution is -2.39. The van der Waals surface area contributed by atoms with Crippen molar-refractivity contribution in [1.29, 1.82) is 0 Å². The highest BCUT2D eigenvalue weighted by Crippen LogP contribution is 2.31. The third-order valence-corrected chi connectivity index (χ3v) is 5.24. The minimum atomic E-state index is -5.15. The zero-order valence-electron chi connectivity index (χ0n) is 16.4. The quantitative estimate of drug-likeness (QED) is 0.481. The first-order valence-corrected chi connectivity index (χ1v) is 10.5. The summed E-state index contributed by atoms with van der Waals surface area (Å²) in [6.45, 7) is -1.40. The maximum atomic E-state index is 14.6. The number of Topliss-reactive ketones (excluding diaryl/α,β-unsaturated/α-hetero) is 1. The maximum absolute atomic E-state index is 14.6. The number of para-hydroxylation sites is 2. The van der Waals surface area contributed by atoms with Crippen LogP contribution >= 0.6 is 0 Å². The van der Waals surface area contributed by atoms with Gasteiger partial charge in [0.05, 0.1) is 32.1 Å². The summed E-state index contributed by atoms with van der Waals surface area (Å²) in [7, 11) is -2.51. The van der Waals surface area contributed by atoms with Gasteiger partial charge in [-0.1, -0.05) is 24.3 Å². The lowest BCUT2D eigenvalue weighted by molar-refractivity contribution is -0.173. The summed E-state index contributed by atoms with van der Waals surface area (Å²) in [6, 6.07) is 9.23. The number of carbonyl (C=O) groups excluding carboxylic acids is 2. The second-order valence-electron chi connectivity index (χ2n) is 6.35. The average Bonchev–Trinajstić information content (AvgIpc) is 2.69. The van der Waals surface area contributed by atoms with Gasteiger partial charge in [0.15, 0.2) is 5.78 Å². The van der Waals surface area contributed by atoms with Crippen LogP contribution in [0, 0.1) is 5.82 Å². The second-order valence-corrected chi connectivity index (χ2v) is 8.26. The van der Waals surface area contributed by atoms with Gasteiger partial charge in [-0.05, 0) is 18.2 Å². The van der Waals surface area contributed by atoms with Crippen molar-refractivity contribution in [2.75, 3.05) is 24.2 Å². The number of ether oxygens (including phenoxy) is 1. The number of nitrogens with zero attached hydrogens (tertiary/aromatic N) is 1. The number of halogens is 4. The van der Waals surface area contributed by atoms with Crippen molar-refractivity contribution >= 4 is 27.4 Å². The molecule has 7 nitrogen and oxygen atoms in total. The molecule has 0 radical (unpaired) electrons. The zero-order chi connectivity index (χ0) is 23.4. The van der Waals surface area contributed by atoms with Gasteiger partial charge < -0.3 is 10.1 Å². The lowest BCUT2D eigenvalue weighted by atomic mass is 10.1. The smallest absolute Gasteiger partial charge is 0.471 e. The molecule has 1 amide bonds. The molecule has 0 atom stereocenters. The largest absolute Gasteiger partial charge is 0.495 e. The molecule has 0 saturated heterocycles. The molecule has 2 aromatic rings. The van der Waals surface area contributed by atoms with E-state index in [1.54, 1.807) is 12.1 Å². The fraction of sp³-hybridized carbons (Fsp3) is 0.263. The van der Waals surface area contributed by atoms with Crippen LogP contribution in [0.15, 0.2) is 42.5 Å². The monoisotopic (exact) mass is 462 g/mol. The van der Waals surface area contributed by atoms with Crippen LogP contribution in [0.5, 0.6) is 5.75 Å². The number of hydrogen-bond acceptors (Lipinski definition) is 5. The van der Waals surface area contributed by atoms with Gasteiger partial charge in [-0.3, -0.25) is 13.9 Å². The van der Waals surface area contributed by atoms with Crippen molar-refractivity contribution in [1.82, 2.24) is 5.32 Å². The number of carbonyl (C=O) groups is 2. The Morgan fingerprint density at radius 1 is 1.13 bits per heavy atom. The molecule has 0 aliphatic rings. The molecular formula is C19H18F4N2O5S. The first-order valence-electron chi connectivity index (χ1n) is 8.62. The molecule has 2 rings (SSSR count). The number of alkyl halides is 3. The number of hydrogen-bond donors (Lipinski definition) is 1. The summed E-state index contributed by atoms with van der Waals surface area (Å²) >= 11 is 0. The van der Waals surface area contributed by atoms with Gasteiger partial charge in [0.2, 0.25) is 10.0 Å². The summed E-state index contributed by atoms with van der Waals surface area (Å²) in [5, 5.41) is 1.40. The predicted octanol–water partition coefficient (Wildman–Crippen LogP) is 2.66. The van der Waals surface area contributed by atoms with Crippen LogP contribution in [-0.4, -0.2) is 46.2 Å². The standard InChI is InChI=1S/C19H18F4N2O5S/c1-30-17-6-4-3-5-15(17)25(31(2,28)29)11-13-8-7-12(9-14(13)20)16(26)10-24-18(27)19(21,22)23/h3-9H,10-11H2,1-2H3,(H,24,27). The van der Waals surface area contributed by atoms with E-state index in [0.717, 1.165) is 28.8 Å². The summed E-state index contributed by atoms with van der Waals surface area (Å²) in [5.74, 6) is -3.96. The Morgan fingerprint density at radius 3 is 2.32 bits per heavy atom. The molecule has 0 heterocycles. The Morgan fingerprint density at radius 2 is 1.77 bits per heavy atom. The van der Waals surface area contributed by atoms with Crippen molar-refractivity contribution in [3.05, 3.63) is 59.4 Å². The molecule has 31 heavy (non-hydrogen) atoms. The number of rotatable bonds is 8. The number of methoxy groups -OCH3 is 1. The van der Waals surface area contributed by atoms with Gasteiger partial charge in [0, 0.05) is 11.1 Å². The van der Waals surface area contributed by atoms with E-state index in [-0.39, 0.29) is 22.6 Å². The maximum Gasteiger partial charge on any atom is 0.471 e. The molecule has 1 N–H and O–H groups in total. The van der Waals surface area contributed by atoms with E-state index >= 15 is 0 Å². The summed E-state index contributed by atoms with van der Waals surface area (Å²) in [4.78, 5) is 22.7. The SMILES string of the molecule is COc1ccccc1N(Cc1ccc(C(=O)CNC(=O)C(F)(F)F)cc1F)S(C)(=O)=O. The van der Waals surface area contributed by atoms with Gasteiger partial charge in [0.25, 0.3) is 0 Å². The molecule has 0 unspecified atom stereocenters.